The molecule has 1 aromatic heterocycles. The van der Waals surface area contributed by atoms with Gasteiger partial charge in [0.2, 0.25) is 0 Å². The lowest BCUT2D eigenvalue weighted by molar-refractivity contribution is 0.170. The SMILES string of the molecule is O=C(NCc1ncc[nH]1)N(Cc1ccccc1)C1CCCC1. The zero-order valence-corrected chi connectivity index (χ0v) is 12.7. The molecule has 2 amide bonds. The standard InChI is InChI=1S/C17H22N4O/c22-17(20-12-16-18-10-11-19-16)21(15-8-4-5-9-15)13-14-6-2-1-3-7-14/h1-3,6-7,10-11,15H,4-5,8-9,12-13H2,(H,18,19)(H,20,22). The summed E-state index contributed by atoms with van der Waals surface area (Å²) in [4.78, 5) is 21.7. The molecular weight excluding hydrogens is 276 g/mol. The summed E-state index contributed by atoms with van der Waals surface area (Å²) in [6.45, 7) is 1.10. The monoisotopic (exact) mass is 298 g/mol. The molecule has 3 rings (SSSR count). The van der Waals surface area contributed by atoms with Gasteiger partial charge in [-0.15, -0.1) is 0 Å². The molecule has 1 fully saturated rings. The van der Waals surface area contributed by atoms with Gasteiger partial charge in [0.1, 0.15) is 5.82 Å². The molecule has 2 aromatic rings. The van der Waals surface area contributed by atoms with Crippen LogP contribution in [0.3, 0.4) is 0 Å². The van der Waals surface area contributed by atoms with E-state index in [1.54, 1.807) is 12.4 Å². The largest absolute Gasteiger partial charge is 0.347 e. The normalized spacial score (nSPS) is 14.9. The smallest absolute Gasteiger partial charge is 0.318 e. The van der Waals surface area contributed by atoms with Crippen LogP contribution in [0.15, 0.2) is 42.7 Å². The van der Waals surface area contributed by atoms with Gasteiger partial charge in [-0.05, 0) is 18.4 Å². The Labute approximate surface area is 130 Å². The predicted molar refractivity (Wildman–Crippen MR) is 85.1 cm³/mol. The quantitative estimate of drug-likeness (QED) is 0.891. The Balaban J connectivity index is 1.65. The molecule has 0 radical (unpaired) electrons. The van der Waals surface area contributed by atoms with Crippen molar-refractivity contribution in [1.29, 1.82) is 0 Å². The second-order valence-electron chi connectivity index (χ2n) is 5.75. The van der Waals surface area contributed by atoms with Crippen LogP contribution < -0.4 is 5.32 Å². The number of amides is 2. The lowest BCUT2D eigenvalue weighted by atomic mass is 10.1. The number of hydrogen-bond acceptors (Lipinski definition) is 2. The van der Waals surface area contributed by atoms with Crippen LogP contribution in [0.25, 0.3) is 0 Å². The van der Waals surface area contributed by atoms with Crippen molar-refractivity contribution in [2.75, 3.05) is 0 Å². The number of hydrogen-bond donors (Lipinski definition) is 2. The van der Waals surface area contributed by atoms with E-state index in [0.717, 1.165) is 18.7 Å². The van der Waals surface area contributed by atoms with Gasteiger partial charge < -0.3 is 15.2 Å². The first-order valence-electron chi connectivity index (χ1n) is 7.89. The average molecular weight is 298 g/mol. The van der Waals surface area contributed by atoms with Crippen molar-refractivity contribution in [2.45, 2.75) is 44.8 Å². The number of urea groups is 1. The molecule has 0 aliphatic heterocycles. The summed E-state index contributed by atoms with van der Waals surface area (Å²) >= 11 is 0. The van der Waals surface area contributed by atoms with Crippen molar-refractivity contribution in [2.24, 2.45) is 0 Å². The lowest BCUT2D eigenvalue weighted by Gasteiger charge is -2.29. The summed E-state index contributed by atoms with van der Waals surface area (Å²) < 4.78 is 0. The fraction of sp³-hybridized carbons (Fsp3) is 0.412. The van der Waals surface area contributed by atoms with Crippen LogP contribution in [0.4, 0.5) is 4.79 Å². The highest BCUT2D eigenvalue weighted by Crippen LogP contribution is 2.25. The highest BCUT2D eigenvalue weighted by Gasteiger charge is 2.26. The summed E-state index contributed by atoms with van der Waals surface area (Å²) in [6.07, 6.45) is 8.07. The molecule has 22 heavy (non-hydrogen) atoms. The van der Waals surface area contributed by atoms with Crippen LogP contribution in [0, 0.1) is 0 Å². The van der Waals surface area contributed by atoms with Gasteiger partial charge in [-0.1, -0.05) is 43.2 Å². The Bertz CT molecular complexity index is 576. The average Bonchev–Trinajstić information content (AvgIpc) is 3.24. The van der Waals surface area contributed by atoms with Crippen LogP contribution in [0.2, 0.25) is 0 Å². The van der Waals surface area contributed by atoms with Gasteiger partial charge in [-0.2, -0.15) is 0 Å². The molecule has 0 atom stereocenters. The van der Waals surface area contributed by atoms with E-state index >= 15 is 0 Å². The highest BCUT2D eigenvalue weighted by molar-refractivity contribution is 5.74. The van der Waals surface area contributed by atoms with E-state index in [4.69, 9.17) is 0 Å². The molecular formula is C17H22N4O. The van der Waals surface area contributed by atoms with E-state index < -0.39 is 0 Å². The minimum Gasteiger partial charge on any atom is -0.347 e. The third-order valence-corrected chi connectivity index (χ3v) is 4.18. The molecule has 5 nitrogen and oxygen atoms in total. The Morgan fingerprint density at radius 2 is 2.05 bits per heavy atom. The molecule has 5 heteroatoms. The number of carbonyl (C=O) groups excluding carboxylic acids is 1. The molecule has 1 aliphatic rings. The molecule has 116 valence electrons. The minimum atomic E-state index is -0.00727. The second kappa shape index (κ2) is 7.11. The third-order valence-electron chi connectivity index (χ3n) is 4.18. The third kappa shape index (κ3) is 3.67. The number of nitrogens with zero attached hydrogens (tertiary/aromatic N) is 2. The fourth-order valence-electron chi connectivity index (χ4n) is 3.02. The Hall–Kier alpha value is -2.30. The molecule has 1 aliphatic carbocycles. The van der Waals surface area contributed by atoms with E-state index in [2.05, 4.69) is 27.4 Å². The van der Waals surface area contributed by atoms with Crippen LogP contribution in [0.1, 0.15) is 37.1 Å². The van der Waals surface area contributed by atoms with Crippen molar-refractivity contribution in [3.63, 3.8) is 0 Å². The highest BCUT2D eigenvalue weighted by atomic mass is 16.2. The lowest BCUT2D eigenvalue weighted by Crippen LogP contribution is -2.44. The summed E-state index contributed by atoms with van der Waals surface area (Å²) in [5.74, 6) is 0.777. The summed E-state index contributed by atoms with van der Waals surface area (Å²) in [5, 5.41) is 2.98. The maximum absolute atomic E-state index is 12.6. The predicted octanol–water partition coefficient (Wildman–Crippen LogP) is 3.06. The van der Waals surface area contributed by atoms with Gasteiger partial charge in [0, 0.05) is 25.0 Å². The van der Waals surface area contributed by atoms with Gasteiger partial charge in [0.25, 0.3) is 0 Å². The van der Waals surface area contributed by atoms with Crippen molar-refractivity contribution < 1.29 is 4.79 Å². The first kappa shape index (κ1) is 14.6. The van der Waals surface area contributed by atoms with Crippen molar-refractivity contribution in [3.05, 3.63) is 54.1 Å². The van der Waals surface area contributed by atoms with Gasteiger partial charge in [-0.25, -0.2) is 9.78 Å². The molecule has 1 aromatic carbocycles. The molecule has 2 N–H and O–H groups in total. The molecule has 0 saturated heterocycles. The molecule has 0 unspecified atom stereocenters. The van der Waals surface area contributed by atoms with Crippen molar-refractivity contribution >= 4 is 6.03 Å². The van der Waals surface area contributed by atoms with E-state index in [0.29, 0.717) is 19.1 Å². The van der Waals surface area contributed by atoms with Gasteiger partial charge >= 0.3 is 6.03 Å². The number of nitrogens with one attached hydrogen (secondary N) is 2. The Morgan fingerprint density at radius 3 is 2.73 bits per heavy atom. The zero-order chi connectivity index (χ0) is 15.2. The van der Waals surface area contributed by atoms with Crippen molar-refractivity contribution in [1.82, 2.24) is 20.2 Å². The first-order chi connectivity index (χ1) is 10.8. The van der Waals surface area contributed by atoms with Crippen LogP contribution >= 0.6 is 0 Å². The van der Waals surface area contributed by atoms with Crippen molar-refractivity contribution in [3.8, 4) is 0 Å². The molecule has 0 spiro atoms. The Morgan fingerprint density at radius 1 is 1.27 bits per heavy atom. The summed E-state index contributed by atoms with van der Waals surface area (Å²) in [6, 6.07) is 10.5. The van der Waals surface area contributed by atoms with E-state index in [-0.39, 0.29) is 6.03 Å². The maximum Gasteiger partial charge on any atom is 0.318 e. The Kier molecular flexibility index (Phi) is 4.73. The number of rotatable bonds is 5. The van der Waals surface area contributed by atoms with E-state index in [9.17, 15) is 4.79 Å². The maximum atomic E-state index is 12.6. The number of aromatic nitrogens is 2. The number of H-pyrrole nitrogens is 1. The molecule has 1 heterocycles. The van der Waals surface area contributed by atoms with Crippen LogP contribution in [-0.4, -0.2) is 26.9 Å². The number of aromatic amines is 1. The summed E-state index contributed by atoms with van der Waals surface area (Å²) in [5.41, 5.74) is 1.17. The second-order valence-corrected chi connectivity index (χ2v) is 5.75. The molecule has 1 saturated carbocycles. The van der Waals surface area contributed by atoms with E-state index in [1.165, 1.54) is 18.4 Å². The van der Waals surface area contributed by atoms with Crippen LogP contribution in [0.5, 0.6) is 0 Å². The summed E-state index contributed by atoms with van der Waals surface area (Å²) in [7, 11) is 0. The number of benzene rings is 1. The first-order valence-corrected chi connectivity index (χ1v) is 7.89. The number of carbonyl (C=O) groups is 1. The van der Waals surface area contributed by atoms with E-state index in [1.807, 2.05) is 23.1 Å². The van der Waals surface area contributed by atoms with Crippen LogP contribution in [-0.2, 0) is 13.1 Å². The fourth-order valence-corrected chi connectivity index (χ4v) is 3.02. The van der Waals surface area contributed by atoms with Gasteiger partial charge in [-0.3, -0.25) is 0 Å². The zero-order valence-electron chi connectivity index (χ0n) is 12.7. The van der Waals surface area contributed by atoms with Gasteiger partial charge in [0.05, 0.1) is 6.54 Å². The van der Waals surface area contributed by atoms with Gasteiger partial charge in [0.15, 0.2) is 0 Å². The number of imidazole rings is 1. The molecule has 0 bridgehead atoms. The topological polar surface area (TPSA) is 61.0 Å². The minimum absolute atomic E-state index is 0.00727.